The van der Waals surface area contributed by atoms with Crippen LogP contribution in [0.15, 0.2) is 42.5 Å². The molecule has 3 rings (SSSR count). The van der Waals surface area contributed by atoms with Gasteiger partial charge < -0.3 is 20.8 Å². The van der Waals surface area contributed by atoms with Crippen molar-refractivity contribution in [3.63, 3.8) is 0 Å². The Labute approximate surface area is 219 Å². The topological polar surface area (TPSA) is 133 Å². The van der Waals surface area contributed by atoms with E-state index >= 15 is 0 Å². The molecule has 0 saturated heterocycles. The van der Waals surface area contributed by atoms with E-state index in [-0.39, 0.29) is 22.0 Å². The maximum atomic E-state index is 13.2. The number of benzene rings is 2. The van der Waals surface area contributed by atoms with Crippen molar-refractivity contribution in [2.24, 2.45) is 16.7 Å². The first-order chi connectivity index (χ1) is 16.8. The molecule has 1 aliphatic carbocycles. The number of hydrogen-bond acceptors (Lipinski definition) is 4. The van der Waals surface area contributed by atoms with Gasteiger partial charge in [-0.25, -0.2) is 4.79 Å². The Morgan fingerprint density at radius 3 is 2.08 bits per heavy atom. The lowest BCUT2D eigenvalue weighted by Crippen LogP contribution is -2.53. The van der Waals surface area contributed by atoms with E-state index in [2.05, 4.69) is 10.6 Å². The number of anilines is 1. The first-order valence-corrected chi connectivity index (χ1v) is 12.1. The number of aliphatic carboxylic acids is 2. The molecule has 192 valence electrons. The third-order valence-corrected chi connectivity index (χ3v) is 8.10. The summed E-state index contributed by atoms with van der Waals surface area (Å²) in [6.07, 6.45) is 0.695. The lowest BCUT2D eigenvalue weighted by molar-refractivity contribution is -0.151. The quantitative estimate of drug-likeness (QED) is 0.381. The molecule has 0 aliphatic heterocycles. The van der Waals surface area contributed by atoms with Crippen molar-refractivity contribution in [2.75, 3.05) is 5.32 Å². The summed E-state index contributed by atoms with van der Waals surface area (Å²) in [7, 11) is 0. The van der Waals surface area contributed by atoms with Crippen LogP contribution in [0.1, 0.15) is 49.5 Å². The molecular weight excluding hydrogens is 507 g/mol. The number of carboxylic acids is 2. The van der Waals surface area contributed by atoms with Crippen LogP contribution in [0.5, 0.6) is 0 Å². The fraction of sp³-hybridized carbons (Fsp3) is 0.385. The molecule has 1 fully saturated rings. The minimum atomic E-state index is -1.21. The maximum Gasteiger partial charge on any atom is 0.326 e. The minimum Gasteiger partial charge on any atom is -0.481 e. The molecule has 0 radical (unpaired) electrons. The largest absolute Gasteiger partial charge is 0.481 e. The number of hydrogen-bond donors (Lipinski definition) is 4. The van der Waals surface area contributed by atoms with Crippen LogP contribution in [0, 0.1) is 16.7 Å². The lowest BCUT2D eigenvalue weighted by atomic mass is 9.65. The van der Waals surface area contributed by atoms with Crippen molar-refractivity contribution in [1.82, 2.24) is 5.32 Å². The first kappa shape index (κ1) is 27.5. The van der Waals surface area contributed by atoms with Crippen LogP contribution >= 0.6 is 23.2 Å². The summed E-state index contributed by atoms with van der Waals surface area (Å²) in [4.78, 5) is 49.3. The van der Waals surface area contributed by atoms with Crippen LogP contribution in [0.3, 0.4) is 0 Å². The highest BCUT2D eigenvalue weighted by molar-refractivity contribution is 6.40. The fourth-order valence-corrected chi connectivity index (χ4v) is 5.29. The Morgan fingerprint density at radius 1 is 1.00 bits per heavy atom. The van der Waals surface area contributed by atoms with Gasteiger partial charge in [-0.05, 0) is 48.1 Å². The molecule has 4 N–H and O–H groups in total. The van der Waals surface area contributed by atoms with Crippen LogP contribution in [0.4, 0.5) is 5.69 Å². The SMILES string of the molecule is CC1(C)[C@H](C(=O)O)CC[C@]1(C)C(=O)N[C@@H](Cc1ccc(NC(=O)c2c(Cl)cccc2Cl)cc1)C(=O)O. The van der Waals surface area contributed by atoms with Crippen molar-refractivity contribution in [3.05, 3.63) is 63.6 Å². The third kappa shape index (κ3) is 5.34. The van der Waals surface area contributed by atoms with Crippen molar-refractivity contribution in [3.8, 4) is 0 Å². The van der Waals surface area contributed by atoms with Gasteiger partial charge in [0.2, 0.25) is 5.91 Å². The standard InChI is InChI=1S/C26H28Cl2N2O6/c1-25(2)16(22(32)33)11-12-26(25,3)24(36)30-19(23(34)35)13-14-7-9-15(10-8-14)29-21(31)20-17(27)5-4-6-18(20)28/h4-10,16,19H,11-13H2,1-3H3,(H,29,31)(H,30,36)(H,32,33)(H,34,35)/t16-,19-,26+/m0/s1. The molecule has 0 unspecified atom stereocenters. The van der Waals surface area contributed by atoms with E-state index in [1.807, 2.05) is 0 Å². The zero-order valence-corrected chi connectivity index (χ0v) is 21.6. The summed E-state index contributed by atoms with van der Waals surface area (Å²) in [6.45, 7) is 5.15. The number of halogens is 2. The molecule has 36 heavy (non-hydrogen) atoms. The van der Waals surface area contributed by atoms with Gasteiger partial charge in [-0.3, -0.25) is 14.4 Å². The molecule has 3 atom stereocenters. The third-order valence-electron chi connectivity index (χ3n) is 7.47. The zero-order chi connectivity index (χ0) is 26.8. The number of carbonyl (C=O) groups excluding carboxylic acids is 2. The Morgan fingerprint density at radius 2 is 1.58 bits per heavy atom. The molecule has 2 aromatic carbocycles. The first-order valence-electron chi connectivity index (χ1n) is 11.4. The van der Waals surface area contributed by atoms with Gasteiger partial charge in [-0.15, -0.1) is 0 Å². The zero-order valence-electron chi connectivity index (χ0n) is 20.1. The number of amides is 2. The molecule has 2 aromatic rings. The summed E-state index contributed by atoms with van der Waals surface area (Å²) in [5.41, 5.74) is -0.660. The number of rotatable bonds is 8. The predicted molar refractivity (Wildman–Crippen MR) is 136 cm³/mol. The van der Waals surface area contributed by atoms with Gasteiger partial charge in [0, 0.05) is 12.1 Å². The number of carboxylic acid groups (broad SMARTS) is 2. The molecule has 1 aliphatic rings. The van der Waals surface area contributed by atoms with Gasteiger partial charge >= 0.3 is 11.9 Å². The Hall–Kier alpha value is -3.10. The highest BCUT2D eigenvalue weighted by Gasteiger charge is 2.58. The predicted octanol–water partition coefficient (Wildman–Crippen LogP) is 4.88. The summed E-state index contributed by atoms with van der Waals surface area (Å²) in [5, 5.41) is 25.0. The fourth-order valence-electron chi connectivity index (χ4n) is 4.72. The van der Waals surface area contributed by atoms with Crippen molar-refractivity contribution in [2.45, 2.75) is 46.1 Å². The normalized spacial score (nSPS) is 21.4. The second kappa shape index (κ2) is 10.5. The Kier molecular flexibility index (Phi) is 8.00. The molecule has 0 bridgehead atoms. The molecule has 10 heteroatoms. The summed E-state index contributed by atoms with van der Waals surface area (Å²) >= 11 is 12.2. The number of nitrogens with one attached hydrogen (secondary N) is 2. The monoisotopic (exact) mass is 534 g/mol. The van der Waals surface area contributed by atoms with Gasteiger partial charge in [0.05, 0.1) is 26.9 Å². The molecule has 8 nitrogen and oxygen atoms in total. The van der Waals surface area contributed by atoms with Crippen LogP contribution in [-0.4, -0.2) is 40.0 Å². The summed E-state index contributed by atoms with van der Waals surface area (Å²) in [5.74, 6) is -3.83. The molecule has 0 spiro atoms. The highest BCUT2D eigenvalue weighted by Crippen LogP contribution is 2.56. The average Bonchev–Trinajstić information content (AvgIpc) is 3.04. The molecular formula is C26H28Cl2N2O6. The lowest BCUT2D eigenvalue weighted by Gasteiger charge is -2.39. The van der Waals surface area contributed by atoms with Crippen LogP contribution < -0.4 is 10.6 Å². The van der Waals surface area contributed by atoms with Crippen molar-refractivity contribution >= 4 is 52.6 Å². The maximum absolute atomic E-state index is 13.2. The van der Waals surface area contributed by atoms with E-state index in [1.54, 1.807) is 63.2 Å². The molecule has 1 saturated carbocycles. The van der Waals surface area contributed by atoms with Gasteiger partial charge in [0.15, 0.2) is 0 Å². The van der Waals surface area contributed by atoms with E-state index < -0.39 is 46.5 Å². The minimum absolute atomic E-state index is 0.00447. The van der Waals surface area contributed by atoms with Gasteiger partial charge in [-0.2, -0.15) is 0 Å². The van der Waals surface area contributed by atoms with E-state index in [4.69, 9.17) is 23.2 Å². The molecule has 0 heterocycles. The van der Waals surface area contributed by atoms with Crippen molar-refractivity contribution < 1.29 is 29.4 Å². The van der Waals surface area contributed by atoms with Crippen molar-refractivity contribution in [1.29, 1.82) is 0 Å². The summed E-state index contributed by atoms with van der Waals surface area (Å²) in [6, 6.07) is 10.0. The number of carbonyl (C=O) groups is 4. The van der Waals surface area contributed by atoms with Gasteiger partial charge in [0.25, 0.3) is 5.91 Å². The summed E-state index contributed by atoms with van der Waals surface area (Å²) < 4.78 is 0. The highest BCUT2D eigenvalue weighted by atomic mass is 35.5. The molecule has 2 amide bonds. The van der Waals surface area contributed by atoms with E-state index in [1.165, 1.54) is 0 Å². The Balaban J connectivity index is 1.70. The Bertz CT molecular complexity index is 1180. The van der Waals surface area contributed by atoms with Gasteiger partial charge in [-0.1, -0.05) is 62.2 Å². The van der Waals surface area contributed by atoms with E-state index in [0.29, 0.717) is 24.1 Å². The van der Waals surface area contributed by atoms with E-state index in [0.717, 1.165) is 0 Å². The van der Waals surface area contributed by atoms with Crippen LogP contribution in [0.25, 0.3) is 0 Å². The smallest absolute Gasteiger partial charge is 0.326 e. The van der Waals surface area contributed by atoms with Crippen LogP contribution in [0.2, 0.25) is 10.0 Å². The average molecular weight is 535 g/mol. The van der Waals surface area contributed by atoms with Gasteiger partial charge in [0.1, 0.15) is 6.04 Å². The van der Waals surface area contributed by atoms with E-state index in [9.17, 15) is 29.4 Å². The second-order valence-electron chi connectivity index (χ2n) is 9.80. The second-order valence-corrected chi connectivity index (χ2v) is 10.6. The molecule has 0 aromatic heterocycles. The van der Waals surface area contributed by atoms with Crippen LogP contribution in [-0.2, 0) is 20.8 Å².